The monoisotopic (exact) mass is 257 g/mol. The number of rotatable bonds is 3. The fraction of sp³-hybridized carbons (Fsp3) is 0.588. The molecular weight excluding hydrogens is 234 g/mol. The molecule has 19 heavy (non-hydrogen) atoms. The van der Waals surface area contributed by atoms with Crippen LogP contribution in [0.2, 0.25) is 0 Å². The van der Waals surface area contributed by atoms with Crippen LogP contribution in [-0.2, 0) is 10.3 Å². The molecule has 102 valence electrons. The maximum absolute atomic E-state index is 11.3. The van der Waals surface area contributed by atoms with Gasteiger partial charge in [0.05, 0.1) is 0 Å². The highest BCUT2D eigenvalue weighted by Crippen LogP contribution is 2.47. The highest BCUT2D eigenvalue weighted by molar-refractivity contribution is 5.54. The fourth-order valence-electron chi connectivity index (χ4n) is 4.00. The van der Waals surface area contributed by atoms with Gasteiger partial charge in [-0.05, 0) is 38.2 Å². The Balaban J connectivity index is 1.97. The van der Waals surface area contributed by atoms with Gasteiger partial charge in [-0.1, -0.05) is 36.8 Å². The van der Waals surface area contributed by atoms with Gasteiger partial charge in [-0.25, -0.2) is 0 Å². The maximum Gasteiger partial charge on any atom is 0.123 e. The molecule has 0 spiro atoms. The summed E-state index contributed by atoms with van der Waals surface area (Å²) in [5.41, 5.74) is 1.52. The zero-order valence-corrected chi connectivity index (χ0v) is 11.7. The molecule has 1 saturated carbocycles. The van der Waals surface area contributed by atoms with Crippen molar-refractivity contribution < 1.29 is 4.79 Å². The molecule has 1 aliphatic carbocycles. The first-order valence-electron chi connectivity index (χ1n) is 7.54. The van der Waals surface area contributed by atoms with Gasteiger partial charge in [0.1, 0.15) is 6.29 Å². The van der Waals surface area contributed by atoms with Gasteiger partial charge >= 0.3 is 0 Å². The lowest BCUT2D eigenvalue weighted by Crippen LogP contribution is -2.59. The zero-order chi connectivity index (χ0) is 13.3. The van der Waals surface area contributed by atoms with Gasteiger partial charge in [-0.2, -0.15) is 0 Å². The van der Waals surface area contributed by atoms with E-state index in [1.807, 2.05) is 0 Å². The van der Waals surface area contributed by atoms with E-state index in [-0.39, 0.29) is 11.5 Å². The summed E-state index contributed by atoms with van der Waals surface area (Å²) >= 11 is 0. The number of aldehydes is 1. The summed E-state index contributed by atoms with van der Waals surface area (Å²) in [5.74, 6) is 0.238. The predicted molar refractivity (Wildman–Crippen MR) is 76.9 cm³/mol. The second kappa shape index (κ2) is 5.09. The van der Waals surface area contributed by atoms with Gasteiger partial charge in [0.2, 0.25) is 0 Å². The van der Waals surface area contributed by atoms with Crippen LogP contribution in [0.25, 0.3) is 0 Å². The molecule has 2 fully saturated rings. The van der Waals surface area contributed by atoms with Gasteiger partial charge in [0.15, 0.2) is 0 Å². The summed E-state index contributed by atoms with van der Waals surface area (Å²) in [5, 5.41) is 0. The summed E-state index contributed by atoms with van der Waals surface area (Å²) in [6.07, 6.45) is 6.92. The van der Waals surface area contributed by atoms with Crippen molar-refractivity contribution in [3.63, 3.8) is 0 Å². The Kier molecular flexibility index (Phi) is 3.44. The second-order valence-electron chi connectivity index (χ2n) is 6.22. The minimum absolute atomic E-state index is 0.114. The van der Waals surface area contributed by atoms with E-state index in [0.29, 0.717) is 6.04 Å². The summed E-state index contributed by atoms with van der Waals surface area (Å²) in [6, 6.07) is 11.5. The third-order valence-electron chi connectivity index (χ3n) is 5.14. The Bertz CT molecular complexity index is 444. The highest BCUT2D eigenvalue weighted by Gasteiger charge is 2.47. The highest BCUT2D eigenvalue weighted by atomic mass is 16.1. The number of likely N-dealkylation sites (tertiary alicyclic amines) is 1. The zero-order valence-electron chi connectivity index (χ0n) is 11.7. The molecule has 3 rings (SSSR count). The molecule has 1 heterocycles. The average molecular weight is 257 g/mol. The Morgan fingerprint density at radius 2 is 2.05 bits per heavy atom. The van der Waals surface area contributed by atoms with Crippen molar-refractivity contribution >= 4 is 6.29 Å². The first kappa shape index (κ1) is 12.9. The third-order valence-corrected chi connectivity index (χ3v) is 5.14. The largest absolute Gasteiger partial charge is 0.303 e. The SMILES string of the molecule is CC1CCN1[C@]1(c2ccccc2)CCCC(C=O)C1. The molecule has 1 saturated heterocycles. The van der Waals surface area contributed by atoms with Gasteiger partial charge in [0.25, 0.3) is 0 Å². The van der Waals surface area contributed by atoms with Crippen LogP contribution in [0.15, 0.2) is 30.3 Å². The van der Waals surface area contributed by atoms with E-state index in [1.165, 1.54) is 37.7 Å². The Morgan fingerprint density at radius 3 is 2.63 bits per heavy atom. The number of nitrogens with zero attached hydrogens (tertiary/aromatic N) is 1. The first-order valence-corrected chi connectivity index (χ1v) is 7.54. The number of carbonyl (C=O) groups is 1. The van der Waals surface area contributed by atoms with E-state index in [0.717, 1.165) is 12.8 Å². The van der Waals surface area contributed by atoms with Crippen LogP contribution >= 0.6 is 0 Å². The number of hydrogen-bond acceptors (Lipinski definition) is 2. The van der Waals surface area contributed by atoms with Gasteiger partial charge in [-0.15, -0.1) is 0 Å². The van der Waals surface area contributed by atoms with Crippen molar-refractivity contribution in [1.29, 1.82) is 0 Å². The van der Waals surface area contributed by atoms with E-state index in [9.17, 15) is 4.79 Å². The molecule has 2 aliphatic rings. The van der Waals surface area contributed by atoms with Crippen LogP contribution in [0.3, 0.4) is 0 Å². The van der Waals surface area contributed by atoms with Crippen molar-refractivity contribution in [2.75, 3.05) is 6.54 Å². The average Bonchev–Trinajstić information content (AvgIpc) is 2.46. The number of benzene rings is 1. The number of hydrogen-bond donors (Lipinski definition) is 0. The van der Waals surface area contributed by atoms with E-state index in [4.69, 9.17) is 0 Å². The molecule has 0 bridgehead atoms. The molecular formula is C17H23NO. The molecule has 1 aromatic carbocycles. The number of carbonyl (C=O) groups excluding carboxylic acids is 1. The lowest BCUT2D eigenvalue weighted by atomic mass is 9.69. The van der Waals surface area contributed by atoms with Gasteiger partial charge in [-0.3, -0.25) is 4.90 Å². The summed E-state index contributed by atoms with van der Waals surface area (Å²) in [4.78, 5) is 13.9. The van der Waals surface area contributed by atoms with Crippen LogP contribution in [-0.4, -0.2) is 23.8 Å². The summed E-state index contributed by atoms with van der Waals surface area (Å²) in [7, 11) is 0. The smallest absolute Gasteiger partial charge is 0.123 e. The molecule has 0 N–H and O–H groups in total. The minimum atomic E-state index is 0.114. The van der Waals surface area contributed by atoms with Crippen molar-refractivity contribution in [2.45, 2.75) is 50.6 Å². The van der Waals surface area contributed by atoms with Gasteiger partial charge in [0, 0.05) is 24.0 Å². The molecule has 3 atom stereocenters. The van der Waals surface area contributed by atoms with Gasteiger partial charge < -0.3 is 4.79 Å². The fourth-order valence-corrected chi connectivity index (χ4v) is 4.00. The topological polar surface area (TPSA) is 20.3 Å². The normalized spacial score (nSPS) is 35.6. The standard InChI is InChI=1S/C17H23NO/c1-14-9-11-18(14)17(16-7-3-2-4-8-16)10-5-6-15(12-17)13-19/h2-4,7-8,13-15H,5-6,9-12H2,1H3/t14?,15?,17-/m1/s1. The van der Waals surface area contributed by atoms with Crippen LogP contribution in [0.4, 0.5) is 0 Å². The van der Waals surface area contributed by atoms with Crippen LogP contribution in [0.1, 0.15) is 44.6 Å². The van der Waals surface area contributed by atoms with Crippen LogP contribution < -0.4 is 0 Å². The molecule has 2 nitrogen and oxygen atoms in total. The van der Waals surface area contributed by atoms with Crippen molar-refractivity contribution in [1.82, 2.24) is 4.90 Å². The molecule has 1 aliphatic heterocycles. The lowest BCUT2D eigenvalue weighted by Gasteiger charge is -2.56. The summed E-state index contributed by atoms with van der Waals surface area (Å²) < 4.78 is 0. The first-order chi connectivity index (χ1) is 9.26. The molecule has 0 amide bonds. The van der Waals surface area contributed by atoms with E-state index >= 15 is 0 Å². The lowest BCUT2D eigenvalue weighted by molar-refractivity contribution is -0.116. The third kappa shape index (κ3) is 2.12. The summed E-state index contributed by atoms with van der Waals surface area (Å²) in [6.45, 7) is 3.50. The Hall–Kier alpha value is -1.15. The van der Waals surface area contributed by atoms with E-state index in [2.05, 4.69) is 42.2 Å². The molecule has 0 radical (unpaired) electrons. The van der Waals surface area contributed by atoms with E-state index in [1.54, 1.807) is 0 Å². The predicted octanol–water partition coefficient (Wildman–Crippen LogP) is 3.37. The maximum atomic E-state index is 11.3. The van der Waals surface area contributed by atoms with E-state index < -0.39 is 0 Å². The van der Waals surface area contributed by atoms with Crippen molar-refractivity contribution in [2.24, 2.45) is 5.92 Å². The second-order valence-corrected chi connectivity index (χ2v) is 6.22. The Morgan fingerprint density at radius 1 is 1.26 bits per heavy atom. The quantitative estimate of drug-likeness (QED) is 0.774. The van der Waals surface area contributed by atoms with Crippen LogP contribution in [0.5, 0.6) is 0 Å². The molecule has 0 aromatic heterocycles. The Labute approximate surface area is 115 Å². The van der Waals surface area contributed by atoms with Crippen LogP contribution in [0, 0.1) is 5.92 Å². The molecule has 1 aromatic rings. The molecule has 2 unspecified atom stereocenters. The van der Waals surface area contributed by atoms with Crippen molar-refractivity contribution in [3.05, 3.63) is 35.9 Å². The minimum Gasteiger partial charge on any atom is -0.303 e. The molecule has 2 heteroatoms. The van der Waals surface area contributed by atoms with Crippen molar-refractivity contribution in [3.8, 4) is 0 Å².